The van der Waals surface area contributed by atoms with E-state index in [-0.39, 0.29) is 0 Å². The van der Waals surface area contributed by atoms with E-state index in [0.717, 1.165) is 14.2 Å². The summed E-state index contributed by atoms with van der Waals surface area (Å²) in [5.74, 6) is 0. The zero-order chi connectivity index (χ0) is 7.58. The fraction of sp³-hybridized carbons (Fsp3) is 1.00. The molecule has 0 atom stereocenters. The second-order valence-electron chi connectivity index (χ2n) is 0.253. The van der Waals surface area contributed by atoms with Crippen molar-refractivity contribution in [3.05, 3.63) is 0 Å². The first kappa shape index (κ1) is 15.7. The number of hydrogen-bond donors (Lipinski definition) is 4. The second-order valence-corrected chi connectivity index (χ2v) is 0.758. The Bertz CT molecular complexity index is 33.4. The molecule has 0 amide bonds. The third-order valence-corrected chi connectivity index (χ3v) is 0. The Morgan fingerprint density at radius 1 is 1.00 bits per heavy atom. The fourth-order valence-electron chi connectivity index (χ4n) is 0. The van der Waals surface area contributed by atoms with Crippen molar-refractivity contribution in [1.29, 1.82) is 0 Å². The van der Waals surface area contributed by atoms with Crippen molar-refractivity contribution < 1.29 is 24.6 Å². The average molecular weight is 145 g/mol. The van der Waals surface area contributed by atoms with Gasteiger partial charge in [-0.2, -0.15) is 0 Å². The fourth-order valence-corrected chi connectivity index (χ4v) is 0. The van der Waals surface area contributed by atoms with E-state index in [0.29, 0.717) is 0 Å². The van der Waals surface area contributed by atoms with Crippen LogP contribution >= 0.6 is 8.25 Å². The third kappa shape index (κ3) is 40300. The van der Waals surface area contributed by atoms with E-state index in [2.05, 4.69) is 0 Å². The van der Waals surface area contributed by atoms with Crippen LogP contribution in [0, 0.1) is 0 Å². The first-order valence-corrected chi connectivity index (χ1v) is 2.64. The van der Waals surface area contributed by atoms with E-state index in [1.807, 2.05) is 0 Å². The summed E-state index contributed by atoms with van der Waals surface area (Å²) >= 11 is 0. The third-order valence-electron chi connectivity index (χ3n) is 0. The quantitative estimate of drug-likeness (QED) is 0.322. The average Bonchev–Trinajstić information content (AvgIpc) is 1.75. The summed E-state index contributed by atoms with van der Waals surface area (Å²) in [5, 5.41) is 14.0. The summed E-state index contributed by atoms with van der Waals surface area (Å²) in [7, 11) is -0.870. The largest absolute Gasteiger partial charge is 0.692 e. The van der Waals surface area contributed by atoms with Gasteiger partial charge in [0.1, 0.15) is 0 Å². The predicted octanol–water partition coefficient (Wildman–Crippen LogP) is -1.15. The van der Waals surface area contributed by atoms with E-state index in [4.69, 9.17) is 24.6 Å². The summed E-state index contributed by atoms with van der Waals surface area (Å²) in [6, 6.07) is 0. The molecule has 0 aromatic heterocycles. The van der Waals surface area contributed by atoms with Crippen molar-refractivity contribution in [3.8, 4) is 0 Å². The van der Waals surface area contributed by atoms with Gasteiger partial charge >= 0.3 is 8.25 Å². The van der Waals surface area contributed by atoms with E-state index in [9.17, 15) is 0 Å². The summed E-state index contributed by atoms with van der Waals surface area (Å²) < 4.78 is 8.70. The maximum Gasteiger partial charge on any atom is 0.692 e. The molecular weight excluding hydrogens is 135 g/mol. The van der Waals surface area contributed by atoms with Crippen LogP contribution in [0.3, 0.4) is 0 Å². The first-order valence-electron chi connectivity index (χ1n) is 1.48. The molecule has 0 aliphatic rings. The molecule has 6 heteroatoms. The molecule has 0 spiro atoms. The molecule has 0 bridgehead atoms. The van der Waals surface area contributed by atoms with Gasteiger partial charge in [-0.3, -0.25) is 0 Å². The van der Waals surface area contributed by atoms with E-state index in [1.165, 1.54) is 0 Å². The number of aliphatic hydroxyl groups excluding tert-OH is 2. The van der Waals surface area contributed by atoms with Gasteiger partial charge in [-0.15, -0.1) is 9.79 Å². The highest BCUT2D eigenvalue weighted by molar-refractivity contribution is 7.30. The molecule has 0 saturated carbocycles. The van der Waals surface area contributed by atoms with Crippen molar-refractivity contribution in [1.82, 2.24) is 0 Å². The molecule has 0 unspecified atom stereocenters. The van der Waals surface area contributed by atoms with Crippen LogP contribution in [-0.4, -0.2) is 34.2 Å². The smallest absolute Gasteiger partial charge is 0.400 e. The summed E-state index contributed by atoms with van der Waals surface area (Å²) in [5.41, 5.74) is 0. The van der Waals surface area contributed by atoms with Gasteiger partial charge in [-0.1, -0.05) is 0 Å². The lowest BCUT2D eigenvalue weighted by molar-refractivity contribution is 0.399. The van der Waals surface area contributed by atoms with Gasteiger partial charge in [0, 0.05) is 18.8 Å². The Morgan fingerprint density at radius 3 is 1.00 bits per heavy atom. The van der Waals surface area contributed by atoms with Gasteiger partial charge in [0.05, 0.1) is 0 Å². The highest BCUT2D eigenvalue weighted by Crippen LogP contribution is 1.98. The molecule has 4 N–H and O–H groups in total. The van der Waals surface area contributed by atoms with E-state index >= 15 is 0 Å². The molecule has 0 aromatic rings. The Morgan fingerprint density at radius 2 is 1.00 bits per heavy atom. The Balaban J connectivity index is -0.0000000542. The van der Waals surface area contributed by atoms with Gasteiger partial charge in [-0.25, -0.2) is 0 Å². The lowest BCUT2D eigenvalue weighted by atomic mass is 11.8. The molecule has 8 heavy (non-hydrogen) atoms. The molecule has 0 rings (SSSR count). The Labute approximate surface area is 48.2 Å². The zero-order valence-corrected chi connectivity index (χ0v) is 5.54. The normalized spacial score (nSPS) is 4.75. The molecule has 52 valence electrons. The van der Waals surface area contributed by atoms with Crippen LogP contribution in [0.4, 0.5) is 0 Å². The van der Waals surface area contributed by atoms with Crippen molar-refractivity contribution in [2.24, 2.45) is 0 Å². The van der Waals surface area contributed by atoms with Crippen LogP contribution in [0.15, 0.2) is 0 Å². The first-order chi connectivity index (χ1) is 3.73. The lowest BCUT2D eigenvalue weighted by Gasteiger charge is -1.34. The van der Waals surface area contributed by atoms with Gasteiger partial charge in [0.25, 0.3) is 0 Å². The Hall–Kier alpha value is -0.0600. The topological polar surface area (TPSA) is 98.0 Å². The van der Waals surface area contributed by atoms with Crippen molar-refractivity contribution in [2.75, 3.05) is 14.2 Å². The van der Waals surface area contributed by atoms with Crippen LogP contribution in [0.1, 0.15) is 0 Å². The maximum atomic E-state index is 8.70. The SMILES string of the molecule is CO.CO.O=[P+](O)O. The van der Waals surface area contributed by atoms with Crippen LogP contribution in [0.25, 0.3) is 0 Å². The number of rotatable bonds is 0. The van der Waals surface area contributed by atoms with E-state index < -0.39 is 8.25 Å². The molecule has 5 nitrogen and oxygen atoms in total. The van der Waals surface area contributed by atoms with Crippen LogP contribution in [-0.2, 0) is 4.57 Å². The molecule has 0 saturated heterocycles. The lowest BCUT2D eigenvalue weighted by Crippen LogP contribution is -1.38. The minimum atomic E-state index is -2.87. The molecule has 0 radical (unpaired) electrons. The van der Waals surface area contributed by atoms with Crippen LogP contribution in [0.5, 0.6) is 0 Å². The molecule has 0 aliphatic heterocycles. The highest BCUT2D eigenvalue weighted by Gasteiger charge is 1.93. The van der Waals surface area contributed by atoms with Crippen LogP contribution < -0.4 is 0 Å². The molecular formula is C2H10O5P+. The van der Waals surface area contributed by atoms with Crippen molar-refractivity contribution in [2.45, 2.75) is 0 Å². The molecule has 0 aromatic carbocycles. The highest BCUT2D eigenvalue weighted by atomic mass is 31.1. The van der Waals surface area contributed by atoms with Gasteiger partial charge < -0.3 is 10.2 Å². The predicted molar refractivity (Wildman–Crippen MR) is 28.3 cm³/mol. The second kappa shape index (κ2) is 28.3. The van der Waals surface area contributed by atoms with Crippen LogP contribution in [0.2, 0.25) is 0 Å². The van der Waals surface area contributed by atoms with Crippen molar-refractivity contribution in [3.63, 3.8) is 0 Å². The van der Waals surface area contributed by atoms with Gasteiger partial charge in [-0.05, 0) is 0 Å². The van der Waals surface area contributed by atoms with Gasteiger partial charge in [0.15, 0.2) is 0 Å². The zero-order valence-electron chi connectivity index (χ0n) is 4.64. The van der Waals surface area contributed by atoms with E-state index in [1.54, 1.807) is 0 Å². The molecule has 0 heterocycles. The summed E-state index contributed by atoms with van der Waals surface area (Å²) in [6.45, 7) is 0. The van der Waals surface area contributed by atoms with Gasteiger partial charge in [0.2, 0.25) is 0 Å². The molecule has 0 aliphatic carbocycles. The number of hydrogen-bond acceptors (Lipinski definition) is 3. The maximum absolute atomic E-state index is 8.70. The van der Waals surface area contributed by atoms with Crippen molar-refractivity contribution >= 4 is 8.25 Å². The number of aliphatic hydroxyl groups is 2. The summed E-state index contributed by atoms with van der Waals surface area (Å²) in [4.78, 5) is 14.2. The minimum absolute atomic E-state index is 1.00. The molecule has 0 fully saturated rings. The summed E-state index contributed by atoms with van der Waals surface area (Å²) in [6.07, 6.45) is 0. The minimum Gasteiger partial charge on any atom is -0.400 e. The monoisotopic (exact) mass is 145 g/mol. The Kier molecular flexibility index (Phi) is 55.5. The standard InChI is InChI=1S/2CH4O.HO3P/c2*1-2;1-4(2)3/h2*2H,1H3;(H-,1,2,3)/p+1.